The van der Waals surface area contributed by atoms with Crippen LogP contribution in [0.2, 0.25) is 0 Å². The molecule has 29 heavy (non-hydrogen) atoms. The Labute approximate surface area is 175 Å². The van der Waals surface area contributed by atoms with Gasteiger partial charge in [0.15, 0.2) is 0 Å². The molecule has 0 spiro atoms. The van der Waals surface area contributed by atoms with Crippen molar-refractivity contribution in [3.8, 4) is 0 Å². The number of halogens is 1. The van der Waals surface area contributed by atoms with Gasteiger partial charge >= 0.3 is 0 Å². The van der Waals surface area contributed by atoms with Crippen LogP contribution in [-0.4, -0.2) is 26.8 Å². The minimum Gasteiger partial charge on any atom is -0.339 e. The molecule has 0 radical (unpaired) electrons. The van der Waals surface area contributed by atoms with Gasteiger partial charge in [-0.25, -0.2) is 32.1 Å². The highest BCUT2D eigenvalue weighted by Crippen LogP contribution is 2.26. The van der Waals surface area contributed by atoms with E-state index >= 15 is 0 Å². The maximum absolute atomic E-state index is 11.3. The number of hydrogen-bond donors (Lipinski definition) is 4. The number of nitrogens with zero attached hydrogens (tertiary/aromatic N) is 2. The summed E-state index contributed by atoms with van der Waals surface area (Å²) in [7, 11) is -7.54. The third-order valence-electron chi connectivity index (χ3n) is 3.63. The minimum atomic E-state index is -3.77. The van der Waals surface area contributed by atoms with Crippen LogP contribution < -0.4 is 20.9 Å². The lowest BCUT2D eigenvalue weighted by Gasteiger charge is -2.11. The topological polar surface area (TPSA) is 170 Å². The molecule has 1 aromatic heterocycles. The number of rotatable bonds is 6. The van der Waals surface area contributed by atoms with Crippen LogP contribution in [0.5, 0.6) is 0 Å². The highest BCUT2D eigenvalue weighted by molar-refractivity contribution is 9.10. The molecule has 0 aliphatic rings. The zero-order valence-corrected chi connectivity index (χ0v) is 17.8. The molecule has 10 nitrogen and oxygen atoms in total. The zero-order chi connectivity index (χ0) is 21.2. The summed E-state index contributed by atoms with van der Waals surface area (Å²) in [6, 6.07) is 11.6. The van der Waals surface area contributed by atoms with Crippen molar-refractivity contribution in [2.75, 3.05) is 10.6 Å². The SMILES string of the molecule is NS(=O)(=O)c1ccc(Nc2ncc(Br)c(Nc3ccc(S(N)(=O)=O)cc3)n2)cc1. The van der Waals surface area contributed by atoms with Crippen LogP contribution >= 0.6 is 15.9 Å². The fraction of sp³-hybridized carbons (Fsp3) is 0. The Kier molecular flexibility index (Phi) is 5.86. The van der Waals surface area contributed by atoms with Gasteiger partial charge in [0.05, 0.1) is 14.3 Å². The first kappa shape index (κ1) is 21.1. The van der Waals surface area contributed by atoms with Gasteiger partial charge in [-0.15, -0.1) is 0 Å². The number of benzene rings is 2. The molecule has 13 heteroatoms. The summed E-state index contributed by atoms with van der Waals surface area (Å²) in [5.74, 6) is 0.673. The second kappa shape index (κ2) is 8.04. The summed E-state index contributed by atoms with van der Waals surface area (Å²) >= 11 is 3.34. The van der Waals surface area contributed by atoms with Gasteiger partial charge in [0, 0.05) is 17.6 Å². The van der Waals surface area contributed by atoms with Gasteiger partial charge in [0.25, 0.3) is 0 Å². The summed E-state index contributed by atoms with van der Waals surface area (Å²) in [6.45, 7) is 0. The first-order valence-electron chi connectivity index (χ1n) is 7.85. The number of nitrogens with one attached hydrogen (secondary N) is 2. The van der Waals surface area contributed by atoms with E-state index in [-0.39, 0.29) is 15.7 Å². The summed E-state index contributed by atoms with van der Waals surface area (Å²) in [5.41, 5.74) is 1.14. The second-order valence-corrected chi connectivity index (χ2v) is 9.76. The van der Waals surface area contributed by atoms with Crippen molar-refractivity contribution < 1.29 is 16.8 Å². The normalized spacial score (nSPS) is 11.8. The molecular weight excluding hydrogens is 484 g/mol. The van der Waals surface area contributed by atoms with Crippen molar-refractivity contribution in [2.24, 2.45) is 10.3 Å². The fourth-order valence-corrected chi connectivity index (χ4v) is 3.56. The Bertz CT molecular complexity index is 1250. The largest absolute Gasteiger partial charge is 0.339 e. The van der Waals surface area contributed by atoms with Crippen LogP contribution in [0.25, 0.3) is 0 Å². The zero-order valence-electron chi connectivity index (χ0n) is 14.6. The van der Waals surface area contributed by atoms with Crippen molar-refractivity contribution in [3.63, 3.8) is 0 Å². The number of hydrogen-bond acceptors (Lipinski definition) is 8. The van der Waals surface area contributed by atoms with Gasteiger partial charge < -0.3 is 10.6 Å². The molecule has 3 aromatic rings. The molecule has 0 atom stereocenters. The van der Waals surface area contributed by atoms with E-state index in [0.29, 0.717) is 21.7 Å². The Morgan fingerprint density at radius 2 is 1.21 bits per heavy atom. The van der Waals surface area contributed by atoms with E-state index in [1.807, 2.05) is 0 Å². The minimum absolute atomic E-state index is 0.00454. The van der Waals surface area contributed by atoms with Gasteiger partial charge in [-0.1, -0.05) is 0 Å². The number of nitrogens with two attached hydrogens (primary N) is 2. The lowest BCUT2D eigenvalue weighted by atomic mass is 10.3. The molecule has 0 saturated carbocycles. The van der Waals surface area contributed by atoms with Crippen molar-refractivity contribution in [2.45, 2.75) is 9.79 Å². The van der Waals surface area contributed by atoms with Crippen LogP contribution in [0.1, 0.15) is 0 Å². The Balaban J connectivity index is 1.79. The molecule has 0 unspecified atom stereocenters. The van der Waals surface area contributed by atoms with Gasteiger partial charge in [0.1, 0.15) is 5.82 Å². The quantitative estimate of drug-likeness (QED) is 0.399. The average Bonchev–Trinajstić information content (AvgIpc) is 2.64. The van der Waals surface area contributed by atoms with E-state index in [1.165, 1.54) is 42.6 Å². The van der Waals surface area contributed by atoms with E-state index < -0.39 is 20.0 Å². The van der Waals surface area contributed by atoms with Crippen LogP contribution in [-0.2, 0) is 20.0 Å². The van der Waals surface area contributed by atoms with E-state index in [0.717, 1.165) is 0 Å². The predicted octanol–water partition coefficient (Wildman–Crippen LogP) is 2.02. The molecular formula is C16H15BrN6O4S2. The van der Waals surface area contributed by atoms with Crippen LogP contribution in [0, 0.1) is 0 Å². The molecule has 0 aliphatic carbocycles. The standard InChI is InChI=1S/C16H15BrN6O4S2/c17-14-9-20-16(22-11-3-7-13(8-4-11)29(19,26)27)23-15(14)21-10-1-5-12(6-2-10)28(18,24)25/h1-9H,(H2,18,24,25)(H2,19,26,27)(H2,20,21,22,23). The Morgan fingerprint density at radius 3 is 1.66 bits per heavy atom. The van der Waals surface area contributed by atoms with E-state index in [4.69, 9.17) is 10.3 Å². The fourth-order valence-electron chi connectivity index (χ4n) is 2.24. The van der Waals surface area contributed by atoms with Gasteiger partial charge in [0.2, 0.25) is 26.0 Å². The predicted molar refractivity (Wildman–Crippen MR) is 112 cm³/mol. The number of sulfonamides is 2. The third kappa shape index (κ3) is 5.48. The average molecular weight is 499 g/mol. The highest BCUT2D eigenvalue weighted by atomic mass is 79.9. The molecule has 3 rings (SSSR count). The molecule has 0 fully saturated rings. The van der Waals surface area contributed by atoms with E-state index in [1.54, 1.807) is 12.1 Å². The number of primary sulfonamides is 2. The smallest absolute Gasteiger partial charge is 0.238 e. The van der Waals surface area contributed by atoms with E-state index in [9.17, 15) is 16.8 Å². The molecule has 0 amide bonds. The monoisotopic (exact) mass is 498 g/mol. The number of anilines is 4. The van der Waals surface area contributed by atoms with Gasteiger partial charge in [-0.3, -0.25) is 0 Å². The molecule has 152 valence electrons. The molecule has 0 bridgehead atoms. The first-order chi connectivity index (χ1) is 13.5. The van der Waals surface area contributed by atoms with E-state index in [2.05, 4.69) is 36.5 Å². The van der Waals surface area contributed by atoms with Gasteiger partial charge in [-0.05, 0) is 64.5 Å². The molecule has 1 heterocycles. The van der Waals surface area contributed by atoms with Crippen LogP contribution in [0.4, 0.5) is 23.1 Å². The van der Waals surface area contributed by atoms with Gasteiger partial charge in [-0.2, -0.15) is 4.98 Å². The maximum atomic E-state index is 11.3. The summed E-state index contributed by atoms with van der Waals surface area (Å²) in [5, 5.41) is 16.1. The first-order valence-corrected chi connectivity index (χ1v) is 11.7. The lowest BCUT2D eigenvalue weighted by molar-refractivity contribution is 0.596. The van der Waals surface area contributed by atoms with Crippen molar-refractivity contribution >= 4 is 59.1 Å². The van der Waals surface area contributed by atoms with Crippen molar-refractivity contribution in [3.05, 3.63) is 59.2 Å². The number of aromatic nitrogens is 2. The maximum Gasteiger partial charge on any atom is 0.238 e. The van der Waals surface area contributed by atoms with Crippen LogP contribution in [0.3, 0.4) is 0 Å². The molecule has 0 aliphatic heterocycles. The summed E-state index contributed by atoms with van der Waals surface area (Å²) in [6.07, 6.45) is 1.52. The highest BCUT2D eigenvalue weighted by Gasteiger charge is 2.10. The Morgan fingerprint density at radius 1 is 0.759 bits per heavy atom. The summed E-state index contributed by atoms with van der Waals surface area (Å²) in [4.78, 5) is 8.47. The molecule has 0 saturated heterocycles. The van der Waals surface area contributed by atoms with Crippen molar-refractivity contribution in [1.82, 2.24) is 9.97 Å². The van der Waals surface area contributed by atoms with Crippen molar-refractivity contribution in [1.29, 1.82) is 0 Å². The third-order valence-corrected chi connectivity index (χ3v) is 6.07. The van der Waals surface area contributed by atoms with Crippen LogP contribution in [0.15, 0.2) is 69.0 Å². The molecule has 2 aromatic carbocycles. The lowest BCUT2D eigenvalue weighted by Crippen LogP contribution is -2.12. The summed E-state index contributed by atoms with van der Waals surface area (Å²) < 4.78 is 45.9. The Hall–Kier alpha value is -2.58. The second-order valence-electron chi connectivity index (χ2n) is 5.78. The molecule has 6 N–H and O–H groups in total.